The number of ether oxygens (including phenoxy) is 1. The van der Waals surface area contributed by atoms with E-state index < -0.39 is 0 Å². The number of carbonyl (C=O) groups excluding carboxylic acids is 2. The molecule has 1 aliphatic heterocycles. The summed E-state index contributed by atoms with van der Waals surface area (Å²) in [4.78, 5) is 29.7. The molecule has 1 amide bonds. The van der Waals surface area contributed by atoms with Gasteiger partial charge in [-0.05, 0) is 26.2 Å². The third-order valence-electron chi connectivity index (χ3n) is 4.20. The van der Waals surface area contributed by atoms with E-state index in [4.69, 9.17) is 4.74 Å². The molecule has 1 saturated heterocycles. The lowest BCUT2D eigenvalue weighted by atomic mass is 9.97. The number of rotatable bonds is 6. The van der Waals surface area contributed by atoms with Crippen LogP contribution in [0.1, 0.15) is 39.5 Å². The Morgan fingerprint density at radius 2 is 1.96 bits per heavy atom. The van der Waals surface area contributed by atoms with Crippen LogP contribution in [0.3, 0.4) is 0 Å². The summed E-state index contributed by atoms with van der Waals surface area (Å²) in [7, 11) is 3.16. The van der Waals surface area contributed by atoms with Gasteiger partial charge in [-0.2, -0.15) is 0 Å². The van der Waals surface area contributed by atoms with Gasteiger partial charge in [-0.25, -0.2) is 0 Å². The first kappa shape index (κ1) is 22.9. The lowest BCUT2D eigenvalue weighted by molar-refractivity contribution is -0.146. The summed E-state index contributed by atoms with van der Waals surface area (Å²) in [6.45, 7) is 6.11. The number of nitrogens with zero attached hydrogens (tertiary/aromatic N) is 2. The molecular formula is C16H31IN4O3. The van der Waals surface area contributed by atoms with Gasteiger partial charge in [0.15, 0.2) is 5.96 Å². The highest BCUT2D eigenvalue weighted by Gasteiger charge is 2.26. The van der Waals surface area contributed by atoms with E-state index in [1.54, 1.807) is 7.05 Å². The summed E-state index contributed by atoms with van der Waals surface area (Å²) < 4.78 is 4.80. The minimum absolute atomic E-state index is 0. The predicted octanol–water partition coefficient (Wildman–Crippen LogP) is 1.37. The standard InChI is InChI=1S/C16H30N4O3.HI/c1-5-12(2)19-14(21)6-9-18-16(17-3)20-10-7-13(8-11-20)15(22)23-4;/h12-13H,5-11H2,1-4H3,(H,17,18)(H,19,21);1H. The molecule has 140 valence electrons. The summed E-state index contributed by atoms with van der Waals surface area (Å²) >= 11 is 0. The molecule has 1 unspecified atom stereocenters. The smallest absolute Gasteiger partial charge is 0.308 e. The van der Waals surface area contributed by atoms with Gasteiger partial charge < -0.3 is 20.3 Å². The van der Waals surface area contributed by atoms with Crippen molar-refractivity contribution in [1.82, 2.24) is 15.5 Å². The quantitative estimate of drug-likeness (QED) is 0.274. The Morgan fingerprint density at radius 3 is 2.46 bits per heavy atom. The SMILES string of the molecule is CCC(C)NC(=O)CCNC(=NC)N1CCC(C(=O)OC)CC1.I. The van der Waals surface area contributed by atoms with Crippen LogP contribution >= 0.6 is 24.0 Å². The number of hydrogen-bond acceptors (Lipinski definition) is 4. The zero-order chi connectivity index (χ0) is 17.2. The zero-order valence-corrected chi connectivity index (χ0v) is 17.5. The van der Waals surface area contributed by atoms with Gasteiger partial charge in [0, 0.05) is 39.1 Å². The second-order valence-corrected chi connectivity index (χ2v) is 5.89. The number of hydrogen-bond donors (Lipinski definition) is 2. The Balaban J connectivity index is 0.00000529. The number of aliphatic imine (C=N–C) groups is 1. The maximum Gasteiger partial charge on any atom is 0.308 e. The van der Waals surface area contributed by atoms with Crippen molar-refractivity contribution in [2.75, 3.05) is 33.8 Å². The topological polar surface area (TPSA) is 83.0 Å². The van der Waals surface area contributed by atoms with Crippen LogP contribution in [0.5, 0.6) is 0 Å². The Bertz CT molecular complexity index is 424. The molecular weight excluding hydrogens is 423 g/mol. The van der Waals surface area contributed by atoms with Crippen LogP contribution < -0.4 is 10.6 Å². The molecule has 0 radical (unpaired) electrons. The highest BCUT2D eigenvalue weighted by molar-refractivity contribution is 14.0. The Morgan fingerprint density at radius 1 is 1.33 bits per heavy atom. The molecule has 0 aromatic carbocycles. The van der Waals surface area contributed by atoms with E-state index in [0.717, 1.165) is 38.3 Å². The predicted molar refractivity (Wildman–Crippen MR) is 106 cm³/mol. The minimum atomic E-state index is -0.130. The van der Waals surface area contributed by atoms with E-state index >= 15 is 0 Å². The van der Waals surface area contributed by atoms with E-state index in [1.165, 1.54) is 7.11 Å². The van der Waals surface area contributed by atoms with Crippen molar-refractivity contribution in [3.63, 3.8) is 0 Å². The molecule has 24 heavy (non-hydrogen) atoms. The molecule has 1 aliphatic rings. The van der Waals surface area contributed by atoms with Crippen molar-refractivity contribution < 1.29 is 14.3 Å². The first-order valence-electron chi connectivity index (χ1n) is 8.34. The van der Waals surface area contributed by atoms with Crippen molar-refractivity contribution >= 4 is 41.8 Å². The number of halogens is 1. The Hall–Kier alpha value is -1.06. The molecule has 0 aromatic heterocycles. The Labute approximate surface area is 162 Å². The number of guanidine groups is 1. The maximum atomic E-state index is 11.8. The fourth-order valence-electron chi connectivity index (χ4n) is 2.56. The second-order valence-electron chi connectivity index (χ2n) is 5.89. The van der Waals surface area contributed by atoms with Gasteiger partial charge in [-0.1, -0.05) is 6.92 Å². The minimum Gasteiger partial charge on any atom is -0.469 e. The summed E-state index contributed by atoms with van der Waals surface area (Å²) in [5, 5.41) is 6.16. The van der Waals surface area contributed by atoms with Crippen molar-refractivity contribution in [1.29, 1.82) is 0 Å². The average molecular weight is 454 g/mol. The summed E-state index contributed by atoms with van der Waals surface area (Å²) in [5.74, 6) is 0.682. The van der Waals surface area contributed by atoms with Crippen LogP contribution in [-0.4, -0.2) is 62.6 Å². The normalized spacial score (nSPS) is 16.8. The van der Waals surface area contributed by atoms with Crippen LogP contribution in [0.15, 0.2) is 4.99 Å². The van der Waals surface area contributed by atoms with Crippen LogP contribution in [-0.2, 0) is 14.3 Å². The van der Waals surface area contributed by atoms with Gasteiger partial charge in [0.25, 0.3) is 0 Å². The van der Waals surface area contributed by atoms with Gasteiger partial charge in [-0.15, -0.1) is 24.0 Å². The molecule has 1 heterocycles. The molecule has 7 nitrogen and oxygen atoms in total. The lowest BCUT2D eigenvalue weighted by Gasteiger charge is -2.33. The maximum absolute atomic E-state index is 11.8. The third kappa shape index (κ3) is 7.67. The molecule has 0 aliphatic carbocycles. The third-order valence-corrected chi connectivity index (χ3v) is 4.20. The van der Waals surface area contributed by atoms with E-state index in [0.29, 0.717) is 13.0 Å². The number of nitrogens with one attached hydrogen (secondary N) is 2. The van der Waals surface area contributed by atoms with Crippen LogP contribution in [0.25, 0.3) is 0 Å². The highest BCUT2D eigenvalue weighted by Crippen LogP contribution is 2.18. The molecule has 1 fully saturated rings. The van der Waals surface area contributed by atoms with Gasteiger partial charge in [0.05, 0.1) is 13.0 Å². The molecule has 1 atom stereocenters. The van der Waals surface area contributed by atoms with Gasteiger partial charge >= 0.3 is 5.97 Å². The van der Waals surface area contributed by atoms with E-state index in [-0.39, 0.29) is 47.8 Å². The largest absolute Gasteiger partial charge is 0.469 e. The zero-order valence-electron chi connectivity index (χ0n) is 15.1. The first-order chi connectivity index (χ1) is 11.0. The molecule has 1 rings (SSSR count). The second kappa shape index (κ2) is 12.3. The summed E-state index contributed by atoms with van der Waals surface area (Å²) in [6, 6.07) is 0.208. The summed E-state index contributed by atoms with van der Waals surface area (Å²) in [5.41, 5.74) is 0. The number of amides is 1. The van der Waals surface area contributed by atoms with E-state index in [1.807, 2.05) is 13.8 Å². The van der Waals surface area contributed by atoms with Gasteiger partial charge in [-0.3, -0.25) is 14.6 Å². The number of carbonyl (C=O) groups is 2. The summed E-state index contributed by atoms with van der Waals surface area (Å²) in [6.07, 6.45) is 2.88. The number of piperidine rings is 1. The first-order valence-corrected chi connectivity index (χ1v) is 8.34. The van der Waals surface area contributed by atoms with E-state index in [9.17, 15) is 9.59 Å². The Kier molecular flexibility index (Phi) is 11.8. The van der Waals surface area contributed by atoms with Crippen molar-refractivity contribution in [2.24, 2.45) is 10.9 Å². The number of esters is 1. The number of likely N-dealkylation sites (tertiary alicyclic amines) is 1. The molecule has 8 heteroatoms. The highest BCUT2D eigenvalue weighted by atomic mass is 127. The van der Waals surface area contributed by atoms with E-state index in [2.05, 4.69) is 20.5 Å². The fraction of sp³-hybridized carbons (Fsp3) is 0.812. The van der Waals surface area contributed by atoms with Crippen LogP contribution in [0.2, 0.25) is 0 Å². The van der Waals surface area contributed by atoms with Crippen molar-refractivity contribution in [3.8, 4) is 0 Å². The average Bonchev–Trinajstić information content (AvgIpc) is 2.58. The molecule has 2 N–H and O–H groups in total. The number of methoxy groups -OCH3 is 1. The molecule has 0 spiro atoms. The van der Waals surface area contributed by atoms with Crippen LogP contribution in [0.4, 0.5) is 0 Å². The molecule has 0 bridgehead atoms. The van der Waals surface area contributed by atoms with Crippen LogP contribution in [0, 0.1) is 5.92 Å². The van der Waals surface area contributed by atoms with Crippen molar-refractivity contribution in [2.45, 2.75) is 45.6 Å². The van der Waals surface area contributed by atoms with Crippen molar-refractivity contribution in [3.05, 3.63) is 0 Å². The fourth-order valence-corrected chi connectivity index (χ4v) is 2.56. The lowest BCUT2D eigenvalue weighted by Crippen LogP contribution is -2.47. The molecule has 0 aromatic rings. The van der Waals surface area contributed by atoms with Gasteiger partial charge in [0.1, 0.15) is 0 Å². The molecule has 0 saturated carbocycles. The monoisotopic (exact) mass is 454 g/mol. The van der Waals surface area contributed by atoms with Gasteiger partial charge in [0.2, 0.25) is 5.91 Å².